The summed E-state index contributed by atoms with van der Waals surface area (Å²) in [5, 5.41) is 3.13. The summed E-state index contributed by atoms with van der Waals surface area (Å²) in [6, 6.07) is 22.5. The van der Waals surface area contributed by atoms with Crippen molar-refractivity contribution < 1.29 is 9.47 Å². The van der Waals surface area contributed by atoms with Crippen LogP contribution in [0.25, 0.3) is 0 Å². The van der Waals surface area contributed by atoms with Gasteiger partial charge in [-0.25, -0.2) is 0 Å². The van der Waals surface area contributed by atoms with Gasteiger partial charge >= 0.3 is 153 Å². The van der Waals surface area contributed by atoms with Crippen molar-refractivity contribution in [1.82, 2.24) is 0 Å². The molecule has 0 aliphatic rings. The molecule has 0 heterocycles. The topological polar surface area (TPSA) is 18.5 Å². The standard InChI is InChI=1S/C22H33O2P/c1-23-17-9-11-19-25(20-12-10-18-24-2,21-13-5-3-6-14-21)22-15-7-4-8-16-22/h3-8,13-16,25H,9-12,17-20H2,1-2H3. The van der Waals surface area contributed by atoms with E-state index in [4.69, 9.17) is 9.47 Å². The average molecular weight is 360 g/mol. The summed E-state index contributed by atoms with van der Waals surface area (Å²) in [6.07, 6.45) is 7.32. The first-order valence-electron chi connectivity index (χ1n) is 9.42. The van der Waals surface area contributed by atoms with E-state index in [0.717, 1.165) is 26.1 Å². The molecule has 2 nitrogen and oxygen atoms in total. The Morgan fingerprint density at radius 2 is 1.00 bits per heavy atom. The monoisotopic (exact) mass is 360 g/mol. The van der Waals surface area contributed by atoms with Crippen LogP contribution in [0.2, 0.25) is 0 Å². The predicted octanol–water partition coefficient (Wildman–Crippen LogP) is 4.24. The second-order valence-corrected chi connectivity index (χ2v) is 11.0. The first kappa shape index (κ1) is 20.1. The second kappa shape index (κ2) is 11.4. The van der Waals surface area contributed by atoms with Gasteiger partial charge in [-0.3, -0.25) is 0 Å². The van der Waals surface area contributed by atoms with Gasteiger partial charge in [-0.05, 0) is 0 Å². The summed E-state index contributed by atoms with van der Waals surface area (Å²) in [5.74, 6) is 0. The Hall–Kier alpha value is -1.21. The molecule has 0 saturated heterocycles. The quantitative estimate of drug-likeness (QED) is 0.416. The minimum atomic E-state index is -1.76. The Bertz CT molecular complexity index is 518. The Labute approximate surface area is 153 Å². The van der Waals surface area contributed by atoms with Crippen LogP contribution in [0.4, 0.5) is 0 Å². The van der Waals surface area contributed by atoms with Gasteiger partial charge in [-0.1, -0.05) is 0 Å². The van der Waals surface area contributed by atoms with Gasteiger partial charge < -0.3 is 0 Å². The fourth-order valence-electron chi connectivity index (χ4n) is 3.73. The third kappa shape index (κ3) is 5.92. The molecule has 0 saturated carbocycles. The zero-order chi connectivity index (χ0) is 17.8. The molecule has 2 aromatic rings. The van der Waals surface area contributed by atoms with Crippen molar-refractivity contribution in [3.8, 4) is 0 Å². The predicted molar refractivity (Wildman–Crippen MR) is 112 cm³/mol. The molecule has 0 aliphatic heterocycles. The Morgan fingerprint density at radius 3 is 1.36 bits per heavy atom. The number of unbranched alkanes of at least 4 members (excludes halogenated alkanes) is 2. The van der Waals surface area contributed by atoms with Crippen LogP contribution in [0, 0.1) is 0 Å². The molecule has 0 N–H and O–H groups in total. The van der Waals surface area contributed by atoms with Crippen LogP contribution in [0.15, 0.2) is 60.7 Å². The van der Waals surface area contributed by atoms with Crippen molar-refractivity contribution in [2.24, 2.45) is 0 Å². The zero-order valence-electron chi connectivity index (χ0n) is 15.7. The summed E-state index contributed by atoms with van der Waals surface area (Å²) in [6.45, 7) is 1.72. The van der Waals surface area contributed by atoms with E-state index in [1.165, 1.54) is 25.2 Å². The molecule has 0 spiro atoms. The van der Waals surface area contributed by atoms with E-state index in [-0.39, 0.29) is 0 Å². The van der Waals surface area contributed by atoms with Gasteiger partial charge in [-0.2, -0.15) is 0 Å². The molecular weight excluding hydrogens is 327 g/mol. The van der Waals surface area contributed by atoms with Crippen molar-refractivity contribution in [2.45, 2.75) is 25.7 Å². The van der Waals surface area contributed by atoms with E-state index in [9.17, 15) is 0 Å². The van der Waals surface area contributed by atoms with Crippen molar-refractivity contribution in [3.05, 3.63) is 60.7 Å². The molecular formula is C22H33O2P. The summed E-state index contributed by atoms with van der Waals surface area (Å²) in [7, 11) is 1.83. The van der Waals surface area contributed by atoms with E-state index in [0.29, 0.717) is 0 Å². The number of hydrogen-bond donors (Lipinski definition) is 0. The Kier molecular flexibility index (Phi) is 9.18. The van der Waals surface area contributed by atoms with Crippen molar-refractivity contribution >= 4 is 17.9 Å². The summed E-state index contributed by atoms with van der Waals surface area (Å²) < 4.78 is 10.6. The average Bonchev–Trinajstić information content (AvgIpc) is 2.68. The molecule has 0 radical (unpaired) electrons. The van der Waals surface area contributed by atoms with Gasteiger partial charge in [-0.15, -0.1) is 0 Å². The first-order chi connectivity index (χ1) is 12.3. The fourth-order valence-corrected chi connectivity index (χ4v) is 8.84. The van der Waals surface area contributed by atoms with E-state index < -0.39 is 7.26 Å². The van der Waals surface area contributed by atoms with Gasteiger partial charge in [0.2, 0.25) is 0 Å². The minimum absolute atomic E-state index is 0.859. The molecule has 0 fully saturated rings. The van der Waals surface area contributed by atoms with Gasteiger partial charge in [0.1, 0.15) is 0 Å². The van der Waals surface area contributed by atoms with Crippen LogP contribution in [-0.2, 0) is 9.47 Å². The van der Waals surface area contributed by atoms with Crippen LogP contribution in [0.1, 0.15) is 25.7 Å². The molecule has 0 bridgehead atoms. The maximum absolute atomic E-state index is 5.28. The van der Waals surface area contributed by atoms with Crippen LogP contribution < -0.4 is 10.6 Å². The number of methoxy groups -OCH3 is 2. The SMILES string of the molecule is COCCCC[PH](CCCCOC)(c1ccccc1)c1ccccc1. The molecule has 0 unspecified atom stereocenters. The molecule has 2 aromatic carbocycles. The summed E-state index contributed by atoms with van der Waals surface area (Å²) in [4.78, 5) is 0. The summed E-state index contributed by atoms with van der Waals surface area (Å²) >= 11 is 0. The van der Waals surface area contributed by atoms with Gasteiger partial charge in [0.15, 0.2) is 0 Å². The van der Waals surface area contributed by atoms with E-state index in [2.05, 4.69) is 60.7 Å². The third-order valence-corrected chi connectivity index (χ3v) is 10.3. The molecule has 0 atom stereocenters. The molecule has 25 heavy (non-hydrogen) atoms. The van der Waals surface area contributed by atoms with Gasteiger partial charge in [0, 0.05) is 0 Å². The number of hydrogen-bond acceptors (Lipinski definition) is 2. The number of benzene rings is 2. The van der Waals surface area contributed by atoms with E-state index >= 15 is 0 Å². The van der Waals surface area contributed by atoms with E-state index in [1.54, 1.807) is 24.8 Å². The molecule has 3 heteroatoms. The Balaban J connectivity index is 2.30. The first-order valence-corrected chi connectivity index (χ1v) is 11.8. The van der Waals surface area contributed by atoms with Gasteiger partial charge in [0.05, 0.1) is 0 Å². The van der Waals surface area contributed by atoms with Gasteiger partial charge in [0.25, 0.3) is 0 Å². The molecule has 138 valence electrons. The molecule has 0 aromatic heterocycles. The summed E-state index contributed by atoms with van der Waals surface area (Å²) in [5.41, 5.74) is 0. The van der Waals surface area contributed by atoms with Crippen LogP contribution in [-0.4, -0.2) is 39.8 Å². The second-order valence-electron chi connectivity index (χ2n) is 6.71. The van der Waals surface area contributed by atoms with E-state index in [1.807, 2.05) is 0 Å². The molecule has 0 amide bonds. The Morgan fingerprint density at radius 1 is 0.600 bits per heavy atom. The maximum atomic E-state index is 5.28. The van der Waals surface area contributed by atoms with Crippen LogP contribution in [0.3, 0.4) is 0 Å². The fraction of sp³-hybridized carbons (Fsp3) is 0.455. The van der Waals surface area contributed by atoms with Crippen LogP contribution in [0.5, 0.6) is 0 Å². The van der Waals surface area contributed by atoms with Crippen molar-refractivity contribution in [2.75, 3.05) is 39.8 Å². The molecule has 2 rings (SSSR count). The number of ether oxygens (including phenoxy) is 2. The van der Waals surface area contributed by atoms with Crippen LogP contribution >= 0.6 is 7.26 Å². The van der Waals surface area contributed by atoms with Crippen molar-refractivity contribution in [1.29, 1.82) is 0 Å². The molecule has 0 aliphatic carbocycles. The zero-order valence-corrected chi connectivity index (χ0v) is 16.7. The number of rotatable bonds is 12. The third-order valence-electron chi connectivity index (χ3n) is 5.06. The van der Waals surface area contributed by atoms with Crippen molar-refractivity contribution in [3.63, 3.8) is 0 Å². The normalized spacial score (nSPS) is 12.2.